The fourth-order valence-corrected chi connectivity index (χ4v) is 3.22. The number of nitrogens with zero attached hydrogens (tertiary/aromatic N) is 1. The number of urea groups is 1. The van der Waals surface area contributed by atoms with Gasteiger partial charge in [0.2, 0.25) is 6.79 Å². The molecule has 4 rings (SSSR count). The van der Waals surface area contributed by atoms with Gasteiger partial charge in [-0.2, -0.15) is 0 Å². The summed E-state index contributed by atoms with van der Waals surface area (Å²) in [6.07, 6.45) is 1.74. The Bertz CT molecular complexity index is 852. The predicted octanol–water partition coefficient (Wildman–Crippen LogP) is -0.103. The third kappa shape index (κ3) is 3.03. The highest BCUT2D eigenvalue weighted by Crippen LogP contribution is 2.42. The van der Waals surface area contributed by atoms with Crippen LogP contribution in [0.15, 0.2) is 18.2 Å². The van der Waals surface area contributed by atoms with Gasteiger partial charge in [0.25, 0.3) is 17.7 Å². The molecule has 10 nitrogen and oxygen atoms in total. The number of carbonyl (C=O) groups is 4. The van der Waals surface area contributed by atoms with E-state index in [4.69, 9.17) is 9.47 Å². The number of fused-ring (bicyclic) bond motifs is 1. The predicted molar refractivity (Wildman–Crippen MR) is 89.5 cm³/mol. The van der Waals surface area contributed by atoms with Crippen molar-refractivity contribution in [3.63, 3.8) is 0 Å². The normalized spacial score (nSPS) is 23.2. The van der Waals surface area contributed by atoms with Crippen LogP contribution >= 0.6 is 0 Å². The summed E-state index contributed by atoms with van der Waals surface area (Å²) in [7, 11) is 0. The Morgan fingerprint density at radius 1 is 1.22 bits per heavy atom. The van der Waals surface area contributed by atoms with Gasteiger partial charge in [0, 0.05) is 5.56 Å². The number of ether oxygens (including phenoxy) is 2. The molecule has 1 saturated heterocycles. The number of imide groups is 1. The van der Waals surface area contributed by atoms with Gasteiger partial charge in [0.05, 0.1) is 0 Å². The molecule has 5 amide bonds. The molecular weight excluding hydrogens is 356 g/mol. The van der Waals surface area contributed by atoms with E-state index in [-0.39, 0.29) is 18.3 Å². The summed E-state index contributed by atoms with van der Waals surface area (Å²) >= 11 is 0. The molecule has 2 heterocycles. The number of hydrazine groups is 1. The largest absolute Gasteiger partial charge is 0.454 e. The molecule has 0 bridgehead atoms. The third-order valence-corrected chi connectivity index (χ3v) is 4.95. The van der Waals surface area contributed by atoms with Crippen molar-refractivity contribution < 1.29 is 28.7 Å². The van der Waals surface area contributed by atoms with Crippen LogP contribution in [0.1, 0.15) is 30.1 Å². The van der Waals surface area contributed by atoms with E-state index < -0.39 is 35.8 Å². The maximum absolute atomic E-state index is 12.5. The molecule has 1 aliphatic carbocycles. The summed E-state index contributed by atoms with van der Waals surface area (Å²) in [5.41, 5.74) is 3.76. The molecule has 1 unspecified atom stereocenters. The average Bonchev–Trinajstić information content (AvgIpc) is 3.36. The van der Waals surface area contributed by atoms with Gasteiger partial charge in [-0.3, -0.25) is 30.1 Å². The van der Waals surface area contributed by atoms with E-state index in [1.165, 1.54) is 12.1 Å². The van der Waals surface area contributed by atoms with Crippen LogP contribution in [0.5, 0.6) is 11.5 Å². The number of rotatable bonds is 4. The van der Waals surface area contributed by atoms with Crippen LogP contribution in [0.25, 0.3) is 0 Å². The second kappa shape index (κ2) is 6.15. The van der Waals surface area contributed by atoms with Gasteiger partial charge < -0.3 is 14.8 Å². The molecule has 0 aromatic heterocycles. The fraction of sp³-hybridized carbons (Fsp3) is 0.412. The second-order valence-corrected chi connectivity index (χ2v) is 6.87. The van der Waals surface area contributed by atoms with Crippen molar-refractivity contribution in [1.82, 2.24) is 21.1 Å². The highest BCUT2D eigenvalue weighted by Gasteiger charge is 2.56. The molecule has 10 heteroatoms. The zero-order valence-electron chi connectivity index (χ0n) is 14.5. The lowest BCUT2D eigenvalue weighted by Gasteiger charge is -2.20. The van der Waals surface area contributed by atoms with Crippen molar-refractivity contribution in [2.75, 3.05) is 13.3 Å². The van der Waals surface area contributed by atoms with Crippen molar-refractivity contribution >= 4 is 23.8 Å². The van der Waals surface area contributed by atoms with Crippen molar-refractivity contribution in [3.05, 3.63) is 23.8 Å². The molecule has 3 aliphatic rings. The molecule has 1 atom stereocenters. The average molecular weight is 374 g/mol. The van der Waals surface area contributed by atoms with E-state index >= 15 is 0 Å². The number of benzene rings is 1. The first-order valence-electron chi connectivity index (χ1n) is 8.51. The lowest BCUT2D eigenvalue weighted by molar-refractivity contribution is -0.135. The summed E-state index contributed by atoms with van der Waals surface area (Å²) in [5.74, 6) is -0.602. The van der Waals surface area contributed by atoms with E-state index in [1.807, 2.05) is 0 Å². The Balaban J connectivity index is 1.32. The topological polar surface area (TPSA) is 126 Å². The van der Waals surface area contributed by atoms with Gasteiger partial charge >= 0.3 is 6.03 Å². The van der Waals surface area contributed by atoms with Crippen LogP contribution in [-0.2, 0) is 9.59 Å². The molecular formula is C17H18N4O6. The zero-order valence-corrected chi connectivity index (χ0v) is 14.5. The van der Waals surface area contributed by atoms with E-state index in [9.17, 15) is 19.2 Å². The summed E-state index contributed by atoms with van der Waals surface area (Å²) in [6.45, 7) is 1.28. The Kier molecular flexibility index (Phi) is 3.90. The van der Waals surface area contributed by atoms with Crippen LogP contribution in [0.4, 0.5) is 4.79 Å². The lowest BCUT2D eigenvalue weighted by Crippen LogP contribution is -2.49. The first-order chi connectivity index (χ1) is 12.9. The van der Waals surface area contributed by atoms with Gasteiger partial charge in [-0.1, -0.05) is 0 Å². The second-order valence-electron chi connectivity index (χ2n) is 6.87. The number of nitrogens with one attached hydrogen (secondary N) is 3. The maximum atomic E-state index is 12.5. The molecule has 27 heavy (non-hydrogen) atoms. The van der Waals surface area contributed by atoms with Gasteiger partial charge in [-0.15, -0.1) is 0 Å². The minimum atomic E-state index is -0.951. The Hall–Kier alpha value is -3.30. The summed E-state index contributed by atoms with van der Waals surface area (Å²) in [6, 6.07) is 3.99. The quantitative estimate of drug-likeness (QED) is 0.499. The van der Waals surface area contributed by atoms with Crippen LogP contribution in [0, 0.1) is 5.92 Å². The number of amides is 5. The minimum absolute atomic E-state index is 0.0862. The Morgan fingerprint density at radius 2 is 1.96 bits per heavy atom. The summed E-state index contributed by atoms with van der Waals surface area (Å²) in [4.78, 5) is 49.6. The van der Waals surface area contributed by atoms with Crippen LogP contribution < -0.4 is 25.6 Å². The van der Waals surface area contributed by atoms with E-state index in [2.05, 4.69) is 16.2 Å². The minimum Gasteiger partial charge on any atom is -0.454 e. The summed E-state index contributed by atoms with van der Waals surface area (Å²) in [5, 5.41) is 2.66. The van der Waals surface area contributed by atoms with Crippen LogP contribution in [0.2, 0.25) is 0 Å². The molecule has 0 radical (unpaired) electrons. The Morgan fingerprint density at radius 3 is 2.70 bits per heavy atom. The molecule has 2 aliphatic heterocycles. The Labute approximate surface area is 154 Å². The van der Waals surface area contributed by atoms with Crippen LogP contribution in [0.3, 0.4) is 0 Å². The molecule has 0 spiro atoms. The SMILES string of the molecule is CC1(C2CC2)NC(=O)N(CC(=O)NNC(=O)c2ccc3c(c2)OCO3)C1=O. The third-order valence-electron chi connectivity index (χ3n) is 4.95. The lowest BCUT2D eigenvalue weighted by atomic mass is 9.96. The smallest absolute Gasteiger partial charge is 0.325 e. The zero-order chi connectivity index (χ0) is 19.2. The van der Waals surface area contributed by atoms with Gasteiger partial charge in [-0.05, 0) is 43.9 Å². The van der Waals surface area contributed by atoms with Crippen molar-refractivity contribution in [3.8, 4) is 11.5 Å². The van der Waals surface area contributed by atoms with Gasteiger partial charge in [0.1, 0.15) is 12.1 Å². The number of hydrogen-bond donors (Lipinski definition) is 3. The van der Waals surface area contributed by atoms with Crippen LogP contribution in [-0.4, -0.2) is 47.5 Å². The standard InChI is InChI=1S/C17H18N4O6/c1-17(10-3-4-10)15(24)21(16(25)18-17)7-13(22)19-20-14(23)9-2-5-11-12(6-9)27-8-26-11/h2,5-6,10H,3-4,7-8H2,1H3,(H,18,25)(H,19,22)(H,20,23). The molecule has 1 saturated carbocycles. The van der Waals surface area contributed by atoms with Gasteiger partial charge in [0.15, 0.2) is 11.5 Å². The maximum Gasteiger partial charge on any atom is 0.325 e. The highest BCUT2D eigenvalue weighted by molar-refractivity contribution is 6.09. The molecule has 3 N–H and O–H groups in total. The first-order valence-corrected chi connectivity index (χ1v) is 8.51. The molecule has 1 aromatic rings. The van der Waals surface area contributed by atoms with Crippen molar-refractivity contribution in [2.24, 2.45) is 5.92 Å². The molecule has 1 aromatic carbocycles. The number of carbonyl (C=O) groups excluding carboxylic acids is 4. The molecule has 2 fully saturated rings. The van der Waals surface area contributed by atoms with E-state index in [0.717, 1.165) is 17.7 Å². The fourth-order valence-electron chi connectivity index (χ4n) is 3.22. The van der Waals surface area contributed by atoms with Crippen molar-refractivity contribution in [1.29, 1.82) is 0 Å². The number of hydrogen-bond acceptors (Lipinski definition) is 6. The van der Waals surface area contributed by atoms with E-state index in [1.54, 1.807) is 13.0 Å². The van der Waals surface area contributed by atoms with Gasteiger partial charge in [-0.25, -0.2) is 4.79 Å². The first kappa shape index (κ1) is 17.1. The molecule has 142 valence electrons. The monoisotopic (exact) mass is 374 g/mol. The van der Waals surface area contributed by atoms with Crippen molar-refractivity contribution in [2.45, 2.75) is 25.3 Å². The summed E-state index contributed by atoms with van der Waals surface area (Å²) < 4.78 is 10.4. The van der Waals surface area contributed by atoms with E-state index in [0.29, 0.717) is 11.5 Å². The highest BCUT2D eigenvalue weighted by atomic mass is 16.7.